The Morgan fingerprint density at radius 2 is 1.50 bits per heavy atom. The van der Waals surface area contributed by atoms with Gasteiger partial charge in [-0.25, -0.2) is 4.79 Å². The lowest BCUT2D eigenvalue weighted by molar-refractivity contribution is 0.480. The van der Waals surface area contributed by atoms with Crippen molar-refractivity contribution in [3.8, 4) is 11.5 Å². The van der Waals surface area contributed by atoms with Crippen molar-refractivity contribution < 1.29 is 9.15 Å². The minimum absolute atomic E-state index is 0.218. The molecule has 0 amide bonds. The fraction of sp³-hybridized carbons (Fsp3) is 0.0455. The summed E-state index contributed by atoms with van der Waals surface area (Å²) in [4.78, 5) is 12.3. The van der Waals surface area contributed by atoms with Crippen molar-refractivity contribution in [2.75, 3.05) is 0 Å². The van der Waals surface area contributed by atoms with Crippen LogP contribution in [0.3, 0.4) is 0 Å². The monoisotopic (exact) mass is 406 g/mol. The highest BCUT2D eigenvalue weighted by molar-refractivity contribution is 9.09. The summed E-state index contributed by atoms with van der Waals surface area (Å²) in [5.41, 5.74) is 1.71. The first-order valence-electron chi connectivity index (χ1n) is 8.20. The highest BCUT2D eigenvalue weighted by atomic mass is 79.9. The molecule has 0 aliphatic heterocycles. The van der Waals surface area contributed by atoms with E-state index >= 15 is 0 Å². The highest BCUT2D eigenvalue weighted by Crippen LogP contribution is 2.31. The van der Waals surface area contributed by atoms with Crippen LogP contribution in [-0.4, -0.2) is 0 Å². The lowest BCUT2D eigenvalue weighted by Gasteiger charge is -2.11. The van der Waals surface area contributed by atoms with E-state index in [1.165, 1.54) is 0 Å². The van der Waals surface area contributed by atoms with Gasteiger partial charge in [0.1, 0.15) is 17.1 Å². The summed E-state index contributed by atoms with van der Waals surface area (Å²) in [6, 6.07) is 26.6. The van der Waals surface area contributed by atoms with Crippen LogP contribution in [-0.2, 0) is 0 Å². The lowest BCUT2D eigenvalue weighted by atomic mass is 10.1. The van der Waals surface area contributed by atoms with Gasteiger partial charge in [0, 0.05) is 11.5 Å². The van der Waals surface area contributed by atoms with Crippen LogP contribution < -0.4 is 10.4 Å². The molecule has 128 valence electrons. The Morgan fingerprint density at radius 1 is 0.808 bits per heavy atom. The Morgan fingerprint density at radius 3 is 2.23 bits per heavy atom. The zero-order valence-electron chi connectivity index (χ0n) is 13.8. The van der Waals surface area contributed by atoms with Crippen molar-refractivity contribution in [3.05, 3.63) is 106 Å². The van der Waals surface area contributed by atoms with Crippen LogP contribution in [0, 0.1) is 0 Å². The molecule has 0 saturated carbocycles. The van der Waals surface area contributed by atoms with E-state index in [0.29, 0.717) is 16.9 Å². The normalized spacial score (nSPS) is 12.0. The van der Waals surface area contributed by atoms with E-state index in [2.05, 4.69) is 15.9 Å². The van der Waals surface area contributed by atoms with Gasteiger partial charge in [-0.15, -0.1) is 0 Å². The van der Waals surface area contributed by atoms with Crippen molar-refractivity contribution in [2.45, 2.75) is 4.83 Å². The summed E-state index contributed by atoms with van der Waals surface area (Å²) in [5.74, 6) is 1.36. The highest BCUT2D eigenvalue weighted by Gasteiger charge is 2.16. The van der Waals surface area contributed by atoms with Crippen LogP contribution in [0.25, 0.3) is 11.0 Å². The maximum atomic E-state index is 12.5. The van der Waals surface area contributed by atoms with Gasteiger partial charge >= 0.3 is 5.63 Å². The summed E-state index contributed by atoms with van der Waals surface area (Å²) in [6.07, 6.45) is 0. The molecule has 0 aliphatic rings. The predicted octanol–water partition coefficient (Wildman–Crippen LogP) is 6.07. The lowest BCUT2D eigenvalue weighted by Crippen LogP contribution is -2.09. The van der Waals surface area contributed by atoms with Gasteiger partial charge in [0.05, 0.1) is 10.4 Å². The minimum atomic E-state index is -0.361. The minimum Gasteiger partial charge on any atom is -0.457 e. The van der Waals surface area contributed by atoms with Crippen LogP contribution in [0.1, 0.15) is 16.0 Å². The van der Waals surface area contributed by atoms with Crippen LogP contribution in [0.5, 0.6) is 11.5 Å². The van der Waals surface area contributed by atoms with Crippen molar-refractivity contribution in [2.24, 2.45) is 0 Å². The first-order chi connectivity index (χ1) is 12.7. The third-order valence-corrected chi connectivity index (χ3v) is 5.10. The van der Waals surface area contributed by atoms with Crippen molar-refractivity contribution in [1.29, 1.82) is 0 Å². The topological polar surface area (TPSA) is 39.4 Å². The van der Waals surface area contributed by atoms with Crippen LogP contribution in [0.4, 0.5) is 0 Å². The Hall–Kier alpha value is -2.85. The third kappa shape index (κ3) is 3.41. The second kappa shape index (κ2) is 7.18. The van der Waals surface area contributed by atoms with Gasteiger partial charge in [0.2, 0.25) is 0 Å². The Labute approximate surface area is 159 Å². The fourth-order valence-corrected chi connectivity index (χ4v) is 3.40. The Bertz CT molecular complexity index is 1090. The number of rotatable bonds is 4. The summed E-state index contributed by atoms with van der Waals surface area (Å²) >= 11 is 3.60. The molecule has 1 atom stereocenters. The van der Waals surface area contributed by atoms with Gasteiger partial charge in [-0.05, 0) is 35.9 Å². The molecule has 26 heavy (non-hydrogen) atoms. The molecule has 0 radical (unpaired) electrons. The molecular weight excluding hydrogens is 392 g/mol. The van der Waals surface area contributed by atoms with E-state index < -0.39 is 0 Å². The number of benzene rings is 3. The zero-order chi connectivity index (χ0) is 17.9. The summed E-state index contributed by atoms with van der Waals surface area (Å²) in [7, 11) is 0. The molecule has 0 fully saturated rings. The molecule has 4 heteroatoms. The molecule has 1 heterocycles. The molecule has 0 saturated heterocycles. The maximum absolute atomic E-state index is 12.5. The second-order valence-electron chi connectivity index (χ2n) is 5.88. The predicted molar refractivity (Wildman–Crippen MR) is 106 cm³/mol. The van der Waals surface area contributed by atoms with Crippen molar-refractivity contribution in [3.63, 3.8) is 0 Å². The van der Waals surface area contributed by atoms with Crippen LogP contribution in [0.15, 0.2) is 94.1 Å². The van der Waals surface area contributed by atoms with E-state index in [4.69, 9.17) is 9.15 Å². The van der Waals surface area contributed by atoms with E-state index in [1.54, 1.807) is 6.07 Å². The second-order valence-corrected chi connectivity index (χ2v) is 6.79. The third-order valence-electron chi connectivity index (χ3n) is 4.08. The SMILES string of the molecule is O=c1oc2cc(Oc3ccccc3)ccc2cc1C(Br)c1ccccc1. The standard InChI is InChI=1S/C22H15BrO3/c23-21(15-7-3-1-4-8-15)19-13-16-11-12-18(14-20(16)26-22(19)24)25-17-9-5-2-6-10-17/h1-14,21H. The molecule has 0 aliphatic carbocycles. The molecule has 0 N–H and O–H groups in total. The molecule has 0 spiro atoms. The molecule has 3 aromatic carbocycles. The molecule has 3 nitrogen and oxygen atoms in total. The Balaban J connectivity index is 1.70. The number of hydrogen-bond acceptors (Lipinski definition) is 3. The maximum Gasteiger partial charge on any atom is 0.340 e. The van der Waals surface area contributed by atoms with Gasteiger partial charge in [-0.3, -0.25) is 0 Å². The first-order valence-corrected chi connectivity index (χ1v) is 9.12. The average Bonchev–Trinajstić information content (AvgIpc) is 2.68. The van der Waals surface area contributed by atoms with Gasteiger partial charge in [-0.1, -0.05) is 64.5 Å². The van der Waals surface area contributed by atoms with Gasteiger partial charge in [-0.2, -0.15) is 0 Å². The van der Waals surface area contributed by atoms with E-state index in [0.717, 1.165) is 16.7 Å². The number of para-hydroxylation sites is 1. The number of halogens is 1. The molecule has 4 rings (SSSR count). The van der Waals surface area contributed by atoms with Crippen LogP contribution >= 0.6 is 15.9 Å². The summed E-state index contributed by atoms with van der Waals surface area (Å²) in [5, 5.41) is 0.848. The number of ether oxygens (including phenoxy) is 1. The Kier molecular flexibility index (Phi) is 4.59. The van der Waals surface area contributed by atoms with E-state index in [9.17, 15) is 4.79 Å². The van der Waals surface area contributed by atoms with Gasteiger partial charge < -0.3 is 9.15 Å². The number of alkyl halides is 1. The smallest absolute Gasteiger partial charge is 0.340 e. The molecule has 1 unspecified atom stereocenters. The largest absolute Gasteiger partial charge is 0.457 e. The van der Waals surface area contributed by atoms with Gasteiger partial charge in [0.15, 0.2) is 0 Å². The first kappa shape index (κ1) is 16.6. The van der Waals surface area contributed by atoms with Gasteiger partial charge in [0.25, 0.3) is 0 Å². The van der Waals surface area contributed by atoms with Crippen molar-refractivity contribution in [1.82, 2.24) is 0 Å². The molecule has 4 aromatic rings. The van der Waals surface area contributed by atoms with E-state index in [-0.39, 0.29) is 10.5 Å². The molecule has 1 aromatic heterocycles. The van der Waals surface area contributed by atoms with Crippen LogP contribution in [0.2, 0.25) is 0 Å². The van der Waals surface area contributed by atoms with Crippen molar-refractivity contribution >= 4 is 26.9 Å². The zero-order valence-corrected chi connectivity index (χ0v) is 15.3. The molecule has 0 bridgehead atoms. The summed E-state index contributed by atoms with van der Waals surface area (Å²) in [6.45, 7) is 0. The number of hydrogen-bond donors (Lipinski definition) is 0. The van der Waals surface area contributed by atoms with E-state index in [1.807, 2.05) is 78.9 Å². The summed E-state index contributed by atoms with van der Waals surface area (Å²) < 4.78 is 11.4. The quantitative estimate of drug-likeness (QED) is 0.305. The average molecular weight is 407 g/mol. The fourth-order valence-electron chi connectivity index (χ4n) is 2.77. The number of fused-ring (bicyclic) bond motifs is 1. The molecular formula is C22H15BrO3.